The van der Waals surface area contributed by atoms with Crippen LogP contribution in [0.2, 0.25) is 0 Å². The number of aromatic nitrogens is 3. The summed E-state index contributed by atoms with van der Waals surface area (Å²) in [5.41, 5.74) is 3.39. The van der Waals surface area contributed by atoms with Crippen molar-refractivity contribution in [2.24, 2.45) is 0 Å². The Morgan fingerprint density at radius 1 is 1.50 bits per heavy atom. The van der Waals surface area contributed by atoms with Gasteiger partial charge in [0, 0.05) is 29.4 Å². The molecule has 2 rings (SSSR count). The number of anilines is 1. The van der Waals surface area contributed by atoms with E-state index in [0.29, 0.717) is 0 Å². The largest absolute Gasteiger partial charge is 0.357 e. The lowest BCUT2D eigenvalue weighted by molar-refractivity contribution is 1.02. The van der Waals surface area contributed by atoms with Gasteiger partial charge >= 0.3 is 0 Å². The van der Waals surface area contributed by atoms with Gasteiger partial charge in [-0.1, -0.05) is 0 Å². The van der Waals surface area contributed by atoms with Crippen LogP contribution >= 0.6 is 11.3 Å². The zero-order chi connectivity index (χ0) is 9.97. The maximum atomic E-state index is 4.15. The van der Waals surface area contributed by atoms with Crippen LogP contribution in [-0.2, 0) is 6.54 Å². The van der Waals surface area contributed by atoms with Crippen molar-refractivity contribution >= 4 is 16.5 Å². The van der Waals surface area contributed by atoms with Crippen LogP contribution in [0.4, 0.5) is 5.13 Å². The summed E-state index contributed by atoms with van der Waals surface area (Å²) in [5.74, 6) is 0. The van der Waals surface area contributed by atoms with Crippen molar-refractivity contribution in [1.29, 1.82) is 0 Å². The number of nitrogens with zero attached hydrogens (tertiary/aromatic N) is 2. The van der Waals surface area contributed by atoms with E-state index in [0.717, 1.165) is 23.1 Å². The van der Waals surface area contributed by atoms with Gasteiger partial charge in [-0.15, -0.1) is 11.3 Å². The highest BCUT2D eigenvalue weighted by atomic mass is 32.1. The quantitative estimate of drug-likeness (QED) is 0.812. The van der Waals surface area contributed by atoms with Crippen molar-refractivity contribution < 1.29 is 0 Å². The first-order valence-electron chi connectivity index (χ1n) is 4.41. The third kappa shape index (κ3) is 1.77. The minimum atomic E-state index is 0.779. The highest BCUT2D eigenvalue weighted by Gasteiger charge is 2.05. The van der Waals surface area contributed by atoms with Gasteiger partial charge in [0.1, 0.15) is 0 Å². The van der Waals surface area contributed by atoms with Gasteiger partial charge in [-0.25, -0.2) is 4.98 Å². The minimum absolute atomic E-state index is 0.779. The Morgan fingerprint density at radius 2 is 2.36 bits per heavy atom. The van der Waals surface area contributed by atoms with Crippen molar-refractivity contribution in [1.82, 2.24) is 15.2 Å². The molecule has 0 unspecified atom stereocenters. The second kappa shape index (κ2) is 3.79. The molecule has 0 bridgehead atoms. The van der Waals surface area contributed by atoms with Crippen LogP contribution in [0.3, 0.4) is 0 Å². The van der Waals surface area contributed by atoms with Gasteiger partial charge in [0.25, 0.3) is 0 Å². The summed E-state index contributed by atoms with van der Waals surface area (Å²) in [6, 6.07) is 0. The van der Waals surface area contributed by atoms with Crippen LogP contribution in [0.5, 0.6) is 0 Å². The molecule has 14 heavy (non-hydrogen) atoms. The topological polar surface area (TPSA) is 53.6 Å². The molecule has 0 saturated heterocycles. The van der Waals surface area contributed by atoms with Crippen molar-refractivity contribution in [3.05, 3.63) is 28.5 Å². The van der Waals surface area contributed by atoms with Gasteiger partial charge in [0.2, 0.25) is 0 Å². The number of nitrogens with one attached hydrogen (secondary N) is 2. The first kappa shape index (κ1) is 9.21. The van der Waals surface area contributed by atoms with E-state index in [4.69, 9.17) is 0 Å². The molecule has 2 N–H and O–H groups in total. The lowest BCUT2D eigenvalue weighted by Crippen LogP contribution is -2.00. The molecule has 0 aliphatic heterocycles. The number of rotatable bonds is 3. The van der Waals surface area contributed by atoms with Crippen molar-refractivity contribution in [2.75, 3.05) is 5.32 Å². The van der Waals surface area contributed by atoms with Gasteiger partial charge in [-0.2, -0.15) is 5.10 Å². The molecule has 4 nitrogen and oxygen atoms in total. The minimum Gasteiger partial charge on any atom is -0.357 e. The number of hydrogen-bond donors (Lipinski definition) is 2. The Labute approximate surface area is 86.4 Å². The highest BCUT2D eigenvalue weighted by molar-refractivity contribution is 7.13. The van der Waals surface area contributed by atoms with E-state index in [9.17, 15) is 0 Å². The van der Waals surface area contributed by atoms with E-state index in [-0.39, 0.29) is 0 Å². The molecule has 0 atom stereocenters. The van der Waals surface area contributed by atoms with Crippen molar-refractivity contribution in [2.45, 2.75) is 20.4 Å². The molecule has 0 amide bonds. The zero-order valence-electron chi connectivity index (χ0n) is 8.16. The summed E-state index contributed by atoms with van der Waals surface area (Å²) in [5, 5.41) is 13.3. The molecule has 2 aromatic heterocycles. The van der Waals surface area contributed by atoms with Crippen LogP contribution in [0, 0.1) is 13.8 Å². The van der Waals surface area contributed by atoms with Crippen LogP contribution in [0.25, 0.3) is 0 Å². The van der Waals surface area contributed by atoms with Crippen LogP contribution < -0.4 is 5.32 Å². The Bertz CT molecular complexity index is 385. The fourth-order valence-corrected chi connectivity index (χ4v) is 1.84. The van der Waals surface area contributed by atoms with Crippen LogP contribution in [0.15, 0.2) is 11.6 Å². The van der Waals surface area contributed by atoms with Gasteiger partial charge in [-0.3, -0.25) is 5.10 Å². The molecule has 0 saturated carbocycles. The molecule has 0 aliphatic rings. The van der Waals surface area contributed by atoms with Crippen LogP contribution in [0.1, 0.15) is 17.0 Å². The summed E-state index contributed by atoms with van der Waals surface area (Å²) in [4.78, 5) is 4.15. The number of H-pyrrole nitrogens is 1. The number of hydrogen-bond acceptors (Lipinski definition) is 4. The average molecular weight is 208 g/mol. The molecule has 74 valence electrons. The molecule has 0 radical (unpaired) electrons. The van der Waals surface area contributed by atoms with E-state index in [1.54, 1.807) is 17.5 Å². The number of thiazole rings is 1. The Kier molecular flexibility index (Phi) is 2.49. The van der Waals surface area contributed by atoms with E-state index >= 15 is 0 Å². The first-order chi connectivity index (χ1) is 6.77. The summed E-state index contributed by atoms with van der Waals surface area (Å²) >= 11 is 1.60. The summed E-state index contributed by atoms with van der Waals surface area (Å²) in [7, 11) is 0. The maximum absolute atomic E-state index is 4.15. The molecule has 0 aromatic carbocycles. The molecule has 0 aliphatic carbocycles. The summed E-state index contributed by atoms with van der Waals surface area (Å²) in [6.07, 6.45) is 1.79. The smallest absolute Gasteiger partial charge is 0.182 e. The molecule has 2 aromatic rings. The summed E-state index contributed by atoms with van der Waals surface area (Å²) in [6.45, 7) is 4.81. The molecule has 5 heteroatoms. The molecular formula is C9H12N4S. The lowest BCUT2D eigenvalue weighted by Gasteiger charge is -2.02. The molecular weight excluding hydrogens is 196 g/mol. The van der Waals surface area contributed by atoms with E-state index in [1.165, 1.54) is 5.56 Å². The fraction of sp³-hybridized carbons (Fsp3) is 0.333. The average Bonchev–Trinajstić information content (AvgIpc) is 2.76. The Hall–Kier alpha value is -1.36. The summed E-state index contributed by atoms with van der Waals surface area (Å²) < 4.78 is 0. The van der Waals surface area contributed by atoms with Gasteiger partial charge in [0.15, 0.2) is 5.13 Å². The van der Waals surface area contributed by atoms with E-state index in [2.05, 4.69) is 20.5 Å². The standard InChI is InChI=1S/C9H12N4S/c1-6-8(7(2)13-12-6)5-11-9-10-3-4-14-9/h3-4H,5H2,1-2H3,(H,10,11)(H,12,13). The lowest BCUT2D eigenvalue weighted by atomic mass is 10.2. The monoisotopic (exact) mass is 208 g/mol. The van der Waals surface area contributed by atoms with E-state index in [1.807, 2.05) is 19.2 Å². The number of aryl methyl sites for hydroxylation is 2. The Balaban J connectivity index is 2.05. The molecule has 0 spiro atoms. The predicted octanol–water partition coefficient (Wildman–Crippen LogP) is 2.10. The highest BCUT2D eigenvalue weighted by Crippen LogP contribution is 2.14. The Morgan fingerprint density at radius 3 is 2.93 bits per heavy atom. The normalized spacial score (nSPS) is 10.4. The predicted molar refractivity (Wildman–Crippen MR) is 57.5 cm³/mol. The van der Waals surface area contributed by atoms with Crippen LogP contribution in [-0.4, -0.2) is 15.2 Å². The third-order valence-electron chi connectivity index (χ3n) is 2.13. The van der Waals surface area contributed by atoms with Gasteiger partial charge in [0.05, 0.1) is 5.69 Å². The van der Waals surface area contributed by atoms with Gasteiger partial charge < -0.3 is 5.32 Å². The second-order valence-corrected chi connectivity index (χ2v) is 4.00. The van der Waals surface area contributed by atoms with Crippen molar-refractivity contribution in [3.8, 4) is 0 Å². The third-order valence-corrected chi connectivity index (χ3v) is 2.86. The maximum Gasteiger partial charge on any atom is 0.182 e. The number of aromatic amines is 1. The van der Waals surface area contributed by atoms with E-state index < -0.39 is 0 Å². The van der Waals surface area contributed by atoms with Crippen molar-refractivity contribution in [3.63, 3.8) is 0 Å². The fourth-order valence-electron chi connectivity index (χ4n) is 1.31. The SMILES string of the molecule is Cc1n[nH]c(C)c1CNc1nccs1. The zero-order valence-corrected chi connectivity index (χ0v) is 8.98. The van der Waals surface area contributed by atoms with Gasteiger partial charge in [-0.05, 0) is 13.8 Å². The first-order valence-corrected chi connectivity index (χ1v) is 5.29. The second-order valence-electron chi connectivity index (χ2n) is 3.10. The molecule has 0 fully saturated rings. The molecule has 2 heterocycles.